The highest BCUT2D eigenvalue weighted by molar-refractivity contribution is 7.89. The number of sulfonamides is 1. The number of aliphatic hydroxyl groups excluding tert-OH is 1. The maximum atomic E-state index is 12.4. The standard InChI is InChI=1S/C13H26N2O3S/c16-9-6-12-4-3-8-15(10-12)19(17,18)11-13-5-1-2-7-14-13/h12-14,16H,1-11H2. The van der Waals surface area contributed by atoms with Crippen molar-refractivity contribution >= 4 is 10.0 Å². The second-order valence-corrected chi connectivity index (χ2v) is 7.82. The first-order valence-corrected chi connectivity index (χ1v) is 9.05. The molecule has 0 saturated carbocycles. The summed E-state index contributed by atoms with van der Waals surface area (Å²) in [7, 11) is -3.14. The van der Waals surface area contributed by atoms with Crippen LogP contribution in [0.5, 0.6) is 0 Å². The summed E-state index contributed by atoms with van der Waals surface area (Å²) in [5.74, 6) is 0.562. The fraction of sp³-hybridized carbons (Fsp3) is 1.00. The average Bonchev–Trinajstić information content (AvgIpc) is 2.40. The molecule has 0 aromatic heterocycles. The van der Waals surface area contributed by atoms with Crippen molar-refractivity contribution in [3.63, 3.8) is 0 Å². The number of rotatable bonds is 5. The lowest BCUT2D eigenvalue weighted by Crippen LogP contribution is -2.47. The zero-order chi connectivity index (χ0) is 13.7. The second kappa shape index (κ2) is 7.02. The molecule has 2 saturated heterocycles. The lowest BCUT2D eigenvalue weighted by atomic mass is 9.97. The van der Waals surface area contributed by atoms with Crippen LogP contribution in [0.4, 0.5) is 0 Å². The lowest BCUT2D eigenvalue weighted by molar-refractivity contribution is 0.202. The Balaban J connectivity index is 1.90. The maximum absolute atomic E-state index is 12.4. The van der Waals surface area contributed by atoms with Crippen molar-refractivity contribution in [2.75, 3.05) is 32.0 Å². The van der Waals surface area contributed by atoms with E-state index in [0.29, 0.717) is 25.4 Å². The molecule has 0 radical (unpaired) electrons. The molecule has 2 aliphatic rings. The van der Waals surface area contributed by atoms with Crippen molar-refractivity contribution in [2.24, 2.45) is 5.92 Å². The van der Waals surface area contributed by atoms with Crippen molar-refractivity contribution in [2.45, 2.75) is 44.6 Å². The number of aliphatic hydroxyl groups is 1. The van der Waals surface area contributed by atoms with Crippen LogP contribution in [-0.4, -0.2) is 55.9 Å². The zero-order valence-corrected chi connectivity index (χ0v) is 12.4. The van der Waals surface area contributed by atoms with Crippen LogP contribution in [0.25, 0.3) is 0 Å². The molecule has 0 bridgehead atoms. The molecular formula is C13H26N2O3S. The first-order chi connectivity index (χ1) is 9.12. The van der Waals surface area contributed by atoms with E-state index in [0.717, 1.165) is 38.6 Å². The molecule has 0 spiro atoms. The first kappa shape index (κ1) is 15.2. The highest BCUT2D eigenvalue weighted by Crippen LogP contribution is 2.22. The van der Waals surface area contributed by atoms with Crippen molar-refractivity contribution < 1.29 is 13.5 Å². The Morgan fingerprint density at radius 1 is 1.21 bits per heavy atom. The van der Waals surface area contributed by atoms with Gasteiger partial charge in [-0.05, 0) is 44.6 Å². The molecular weight excluding hydrogens is 264 g/mol. The molecule has 0 aromatic rings. The molecule has 19 heavy (non-hydrogen) atoms. The van der Waals surface area contributed by atoms with Gasteiger partial charge in [0.25, 0.3) is 0 Å². The van der Waals surface area contributed by atoms with Gasteiger partial charge in [-0.2, -0.15) is 0 Å². The summed E-state index contributed by atoms with van der Waals surface area (Å²) in [6, 6.07) is 0.122. The Morgan fingerprint density at radius 2 is 2.05 bits per heavy atom. The number of hydrogen-bond acceptors (Lipinski definition) is 4. The molecule has 0 aromatic carbocycles. The number of nitrogens with zero attached hydrogens (tertiary/aromatic N) is 1. The maximum Gasteiger partial charge on any atom is 0.215 e. The molecule has 2 N–H and O–H groups in total. The van der Waals surface area contributed by atoms with Crippen LogP contribution in [-0.2, 0) is 10.0 Å². The van der Waals surface area contributed by atoms with E-state index >= 15 is 0 Å². The van der Waals surface area contributed by atoms with Crippen LogP contribution < -0.4 is 5.32 Å². The fourth-order valence-corrected chi connectivity index (χ4v) is 4.97. The van der Waals surface area contributed by atoms with E-state index in [2.05, 4.69) is 5.32 Å². The molecule has 112 valence electrons. The molecule has 0 aliphatic carbocycles. The van der Waals surface area contributed by atoms with Gasteiger partial charge in [-0.25, -0.2) is 12.7 Å². The number of hydrogen-bond donors (Lipinski definition) is 2. The quantitative estimate of drug-likeness (QED) is 0.776. The highest BCUT2D eigenvalue weighted by atomic mass is 32.2. The van der Waals surface area contributed by atoms with Gasteiger partial charge in [-0.15, -0.1) is 0 Å². The van der Waals surface area contributed by atoms with E-state index < -0.39 is 10.0 Å². The third kappa shape index (κ3) is 4.41. The molecule has 6 heteroatoms. The Hall–Kier alpha value is -0.170. The van der Waals surface area contributed by atoms with Crippen LogP contribution in [0.2, 0.25) is 0 Å². The molecule has 2 rings (SSSR count). The largest absolute Gasteiger partial charge is 0.396 e. The molecule has 2 atom stereocenters. The predicted molar refractivity (Wildman–Crippen MR) is 75.4 cm³/mol. The van der Waals surface area contributed by atoms with Gasteiger partial charge in [-0.1, -0.05) is 6.42 Å². The summed E-state index contributed by atoms with van der Waals surface area (Å²) in [4.78, 5) is 0. The van der Waals surface area contributed by atoms with E-state index in [9.17, 15) is 8.42 Å². The minimum absolute atomic E-state index is 0.122. The monoisotopic (exact) mass is 290 g/mol. The van der Waals surface area contributed by atoms with Crippen LogP contribution in [0.3, 0.4) is 0 Å². The van der Waals surface area contributed by atoms with Crippen LogP contribution in [0, 0.1) is 5.92 Å². The third-order valence-corrected chi connectivity index (χ3v) is 6.18. The summed E-state index contributed by atoms with van der Waals surface area (Å²) in [5.41, 5.74) is 0. The smallest absolute Gasteiger partial charge is 0.215 e. The third-order valence-electron chi connectivity index (χ3n) is 4.24. The Kier molecular flexibility index (Phi) is 5.62. The van der Waals surface area contributed by atoms with Gasteiger partial charge in [0.1, 0.15) is 0 Å². The van der Waals surface area contributed by atoms with E-state index in [1.165, 1.54) is 0 Å². The van der Waals surface area contributed by atoms with E-state index in [1.54, 1.807) is 4.31 Å². The summed E-state index contributed by atoms with van der Waals surface area (Å²) >= 11 is 0. The van der Waals surface area contributed by atoms with Crippen molar-refractivity contribution in [1.29, 1.82) is 0 Å². The Morgan fingerprint density at radius 3 is 2.74 bits per heavy atom. The van der Waals surface area contributed by atoms with Gasteiger partial charge in [0, 0.05) is 25.7 Å². The normalized spacial score (nSPS) is 30.4. The summed E-state index contributed by atoms with van der Waals surface area (Å²) in [5, 5.41) is 12.3. The first-order valence-electron chi connectivity index (χ1n) is 7.44. The minimum Gasteiger partial charge on any atom is -0.396 e. The van der Waals surface area contributed by atoms with Crippen LogP contribution in [0.1, 0.15) is 38.5 Å². The van der Waals surface area contributed by atoms with Crippen molar-refractivity contribution in [3.05, 3.63) is 0 Å². The van der Waals surface area contributed by atoms with Gasteiger partial charge in [0.2, 0.25) is 10.0 Å². The van der Waals surface area contributed by atoms with Crippen LogP contribution >= 0.6 is 0 Å². The predicted octanol–water partition coefficient (Wildman–Crippen LogP) is 0.553. The van der Waals surface area contributed by atoms with E-state index in [1.807, 2.05) is 0 Å². The zero-order valence-electron chi connectivity index (χ0n) is 11.6. The minimum atomic E-state index is -3.14. The Labute approximate surface area is 116 Å². The fourth-order valence-electron chi connectivity index (χ4n) is 3.12. The van der Waals surface area contributed by atoms with Gasteiger partial charge in [0.05, 0.1) is 5.75 Å². The summed E-state index contributed by atoms with van der Waals surface area (Å²) in [6.07, 6.45) is 5.91. The molecule has 2 heterocycles. The highest BCUT2D eigenvalue weighted by Gasteiger charge is 2.31. The van der Waals surface area contributed by atoms with Gasteiger partial charge in [0.15, 0.2) is 0 Å². The average molecular weight is 290 g/mol. The molecule has 2 fully saturated rings. The topological polar surface area (TPSA) is 69.6 Å². The molecule has 0 amide bonds. The van der Waals surface area contributed by atoms with Gasteiger partial charge in [-0.3, -0.25) is 0 Å². The van der Waals surface area contributed by atoms with E-state index in [4.69, 9.17) is 5.11 Å². The molecule has 5 nitrogen and oxygen atoms in total. The molecule has 2 aliphatic heterocycles. The van der Waals surface area contributed by atoms with Gasteiger partial charge >= 0.3 is 0 Å². The lowest BCUT2D eigenvalue weighted by Gasteiger charge is -2.33. The number of nitrogens with one attached hydrogen (secondary N) is 1. The van der Waals surface area contributed by atoms with E-state index in [-0.39, 0.29) is 18.4 Å². The SMILES string of the molecule is O=S(=O)(CC1CCCCN1)N1CCCC(CCO)C1. The van der Waals surface area contributed by atoms with Crippen molar-refractivity contribution in [1.82, 2.24) is 9.62 Å². The van der Waals surface area contributed by atoms with Crippen LogP contribution in [0.15, 0.2) is 0 Å². The molecule has 2 unspecified atom stereocenters. The second-order valence-electron chi connectivity index (χ2n) is 5.80. The number of piperidine rings is 2. The Bertz CT molecular complexity index is 364. The van der Waals surface area contributed by atoms with Gasteiger partial charge < -0.3 is 10.4 Å². The summed E-state index contributed by atoms with van der Waals surface area (Å²) in [6.45, 7) is 2.34. The summed E-state index contributed by atoms with van der Waals surface area (Å²) < 4.78 is 26.5. The van der Waals surface area contributed by atoms with Crippen molar-refractivity contribution in [3.8, 4) is 0 Å².